The van der Waals surface area contributed by atoms with Crippen LogP contribution in [0.25, 0.3) is 22.4 Å². The molecule has 4 aromatic rings. The fourth-order valence-electron chi connectivity index (χ4n) is 3.97. The Kier molecular flexibility index (Phi) is 4.96. The number of hydrogen-bond donors (Lipinski definition) is 1. The van der Waals surface area contributed by atoms with Gasteiger partial charge in [0, 0.05) is 29.7 Å². The van der Waals surface area contributed by atoms with Gasteiger partial charge in [-0.05, 0) is 60.2 Å². The summed E-state index contributed by atoms with van der Waals surface area (Å²) in [5.41, 5.74) is 7.00. The summed E-state index contributed by atoms with van der Waals surface area (Å²) in [6.07, 6.45) is 10.5. The van der Waals surface area contributed by atoms with Gasteiger partial charge in [0.2, 0.25) is 0 Å². The standard InChI is InChI=1S/C25H19FN4O/c26-23-15-28-10-8-21(23)25(31)30-20-11-18-4-1-3-16-6-7-17(19-5-2-9-27-13-19)12-22(16)24(18)29-14-20/h2,5-15H,1,3-4H2,(H,30,31). The molecule has 1 aromatic carbocycles. The zero-order valence-corrected chi connectivity index (χ0v) is 16.7. The summed E-state index contributed by atoms with van der Waals surface area (Å²) < 4.78 is 13.9. The van der Waals surface area contributed by atoms with E-state index in [4.69, 9.17) is 0 Å². The summed E-state index contributed by atoms with van der Waals surface area (Å²) in [6.45, 7) is 0. The molecule has 0 atom stereocenters. The highest BCUT2D eigenvalue weighted by molar-refractivity contribution is 6.04. The molecule has 0 unspecified atom stereocenters. The third-order valence-electron chi connectivity index (χ3n) is 5.49. The molecular formula is C25H19FN4O. The monoisotopic (exact) mass is 410 g/mol. The van der Waals surface area contributed by atoms with Crippen LogP contribution in [0.3, 0.4) is 0 Å². The Labute approximate surface area is 179 Å². The predicted molar refractivity (Wildman–Crippen MR) is 117 cm³/mol. The highest BCUT2D eigenvalue weighted by Crippen LogP contribution is 2.35. The third-order valence-corrected chi connectivity index (χ3v) is 5.49. The molecule has 1 amide bonds. The van der Waals surface area contributed by atoms with Gasteiger partial charge in [0.15, 0.2) is 5.82 Å². The van der Waals surface area contributed by atoms with Crippen molar-refractivity contribution in [2.24, 2.45) is 0 Å². The smallest absolute Gasteiger partial charge is 0.258 e. The van der Waals surface area contributed by atoms with Crippen LogP contribution < -0.4 is 5.32 Å². The maximum absolute atomic E-state index is 13.9. The zero-order valence-electron chi connectivity index (χ0n) is 16.7. The number of benzene rings is 1. The summed E-state index contributed by atoms with van der Waals surface area (Å²) in [6, 6.07) is 13.7. The van der Waals surface area contributed by atoms with Crippen molar-refractivity contribution in [3.05, 3.63) is 96.0 Å². The number of nitrogens with one attached hydrogen (secondary N) is 1. The largest absolute Gasteiger partial charge is 0.320 e. The van der Waals surface area contributed by atoms with Gasteiger partial charge in [0.1, 0.15) is 0 Å². The van der Waals surface area contributed by atoms with E-state index in [0.29, 0.717) is 5.69 Å². The van der Waals surface area contributed by atoms with Gasteiger partial charge in [-0.15, -0.1) is 0 Å². The van der Waals surface area contributed by atoms with Gasteiger partial charge in [-0.2, -0.15) is 0 Å². The van der Waals surface area contributed by atoms with E-state index < -0.39 is 11.7 Å². The SMILES string of the molecule is O=C(Nc1cnc2c(c1)CCCc1ccc(-c3cccnc3)cc1-2)c1ccncc1F. The molecule has 3 aromatic heterocycles. The number of aryl methyl sites for hydroxylation is 2. The van der Waals surface area contributed by atoms with E-state index in [-0.39, 0.29) is 5.56 Å². The van der Waals surface area contributed by atoms with Crippen molar-refractivity contribution >= 4 is 11.6 Å². The van der Waals surface area contributed by atoms with Gasteiger partial charge in [0.25, 0.3) is 5.91 Å². The van der Waals surface area contributed by atoms with Crippen molar-refractivity contribution in [2.75, 3.05) is 5.32 Å². The van der Waals surface area contributed by atoms with Crippen molar-refractivity contribution in [3.63, 3.8) is 0 Å². The van der Waals surface area contributed by atoms with E-state index in [9.17, 15) is 9.18 Å². The van der Waals surface area contributed by atoms with Crippen molar-refractivity contribution in [3.8, 4) is 22.4 Å². The number of pyridine rings is 3. The molecule has 31 heavy (non-hydrogen) atoms. The van der Waals surface area contributed by atoms with E-state index in [1.807, 2.05) is 24.4 Å². The van der Waals surface area contributed by atoms with Gasteiger partial charge in [-0.1, -0.05) is 18.2 Å². The molecule has 0 bridgehead atoms. The van der Waals surface area contributed by atoms with Gasteiger partial charge >= 0.3 is 0 Å². The Balaban J connectivity index is 1.49. The van der Waals surface area contributed by atoms with Crippen LogP contribution in [-0.4, -0.2) is 20.9 Å². The van der Waals surface area contributed by atoms with Crippen LogP contribution >= 0.6 is 0 Å². The molecule has 1 aliphatic rings. The Bertz CT molecular complexity index is 1270. The average molecular weight is 410 g/mol. The van der Waals surface area contributed by atoms with Crippen LogP contribution in [-0.2, 0) is 12.8 Å². The lowest BCUT2D eigenvalue weighted by molar-refractivity contribution is 0.102. The minimum Gasteiger partial charge on any atom is -0.320 e. The maximum atomic E-state index is 13.9. The Morgan fingerprint density at radius 1 is 0.903 bits per heavy atom. The summed E-state index contributed by atoms with van der Waals surface area (Å²) >= 11 is 0. The van der Waals surface area contributed by atoms with Crippen LogP contribution in [0.2, 0.25) is 0 Å². The molecular weight excluding hydrogens is 391 g/mol. The van der Waals surface area contributed by atoms with Gasteiger partial charge in [-0.3, -0.25) is 19.7 Å². The second kappa shape index (κ2) is 8.07. The molecule has 0 saturated heterocycles. The van der Waals surface area contributed by atoms with Gasteiger partial charge < -0.3 is 5.32 Å². The summed E-state index contributed by atoms with van der Waals surface area (Å²) in [7, 11) is 0. The molecule has 1 aliphatic carbocycles. The zero-order chi connectivity index (χ0) is 21.2. The minimum atomic E-state index is -0.653. The van der Waals surface area contributed by atoms with Crippen molar-refractivity contribution in [1.82, 2.24) is 15.0 Å². The molecule has 5 rings (SSSR count). The molecule has 0 aliphatic heterocycles. The Morgan fingerprint density at radius 3 is 2.61 bits per heavy atom. The first-order valence-corrected chi connectivity index (χ1v) is 10.1. The number of fused-ring (bicyclic) bond motifs is 3. The normalized spacial score (nSPS) is 12.4. The summed E-state index contributed by atoms with van der Waals surface area (Å²) in [5, 5.41) is 2.75. The lowest BCUT2D eigenvalue weighted by Gasteiger charge is -2.13. The number of anilines is 1. The number of nitrogens with zero attached hydrogens (tertiary/aromatic N) is 3. The van der Waals surface area contributed by atoms with E-state index in [1.165, 1.54) is 17.8 Å². The highest BCUT2D eigenvalue weighted by atomic mass is 19.1. The minimum absolute atomic E-state index is 0.0450. The lowest BCUT2D eigenvalue weighted by Crippen LogP contribution is -2.14. The first kappa shape index (κ1) is 19.1. The van der Waals surface area contributed by atoms with E-state index >= 15 is 0 Å². The van der Waals surface area contributed by atoms with Gasteiger partial charge in [0.05, 0.1) is 29.3 Å². The Hall–Kier alpha value is -3.93. The van der Waals surface area contributed by atoms with Crippen molar-refractivity contribution in [1.29, 1.82) is 0 Å². The quantitative estimate of drug-likeness (QED) is 0.511. The number of rotatable bonds is 3. The molecule has 3 heterocycles. The number of amides is 1. The fraction of sp³-hybridized carbons (Fsp3) is 0.120. The Morgan fingerprint density at radius 2 is 1.77 bits per heavy atom. The molecule has 0 fully saturated rings. The van der Waals surface area contributed by atoms with Crippen LogP contribution in [0.4, 0.5) is 10.1 Å². The molecule has 152 valence electrons. The first-order valence-electron chi connectivity index (χ1n) is 10.1. The molecule has 6 heteroatoms. The average Bonchev–Trinajstić information content (AvgIpc) is 2.98. The molecule has 5 nitrogen and oxygen atoms in total. The number of halogens is 1. The first-order chi connectivity index (χ1) is 15.2. The van der Waals surface area contributed by atoms with E-state index in [2.05, 4.69) is 38.5 Å². The summed E-state index contributed by atoms with van der Waals surface area (Å²) in [5.74, 6) is -1.17. The lowest BCUT2D eigenvalue weighted by atomic mass is 9.96. The van der Waals surface area contributed by atoms with Crippen LogP contribution in [0, 0.1) is 5.82 Å². The van der Waals surface area contributed by atoms with E-state index in [0.717, 1.165) is 53.4 Å². The molecule has 0 saturated carbocycles. The number of aromatic nitrogens is 3. The van der Waals surface area contributed by atoms with Crippen molar-refractivity contribution < 1.29 is 9.18 Å². The second-order valence-electron chi connectivity index (χ2n) is 7.51. The molecule has 0 spiro atoms. The van der Waals surface area contributed by atoms with Crippen LogP contribution in [0.1, 0.15) is 27.9 Å². The number of carbonyl (C=O) groups is 1. The fourth-order valence-corrected chi connectivity index (χ4v) is 3.97. The van der Waals surface area contributed by atoms with Crippen molar-refractivity contribution in [2.45, 2.75) is 19.3 Å². The topological polar surface area (TPSA) is 67.8 Å². The third kappa shape index (κ3) is 3.80. The summed E-state index contributed by atoms with van der Waals surface area (Å²) in [4.78, 5) is 25.0. The van der Waals surface area contributed by atoms with Crippen LogP contribution in [0.15, 0.2) is 73.4 Å². The predicted octanol–water partition coefficient (Wildman–Crippen LogP) is 5.09. The van der Waals surface area contributed by atoms with Crippen LogP contribution in [0.5, 0.6) is 0 Å². The molecule has 0 radical (unpaired) electrons. The second-order valence-corrected chi connectivity index (χ2v) is 7.51. The van der Waals surface area contributed by atoms with E-state index in [1.54, 1.807) is 12.4 Å². The van der Waals surface area contributed by atoms with Gasteiger partial charge in [-0.25, -0.2) is 4.39 Å². The maximum Gasteiger partial charge on any atom is 0.258 e. The number of carbonyl (C=O) groups excluding carboxylic acids is 1. The molecule has 1 N–H and O–H groups in total. The highest BCUT2D eigenvalue weighted by Gasteiger charge is 2.18. The number of hydrogen-bond acceptors (Lipinski definition) is 4.